The molecule has 1 aliphatic heterocycles. The molecule has 22 heavy (non-hydrogen) atoms. The Kier molecular flexibility index (Phi) is 4.15. The van der Waals surface area contributed by atoms with Gasteiger partial charge in [-0.05, 0) is 24.0 Å². The van der Waals surface area contributed by atoms with Crippen LogP contribution in [0.5, 0.6) is 0 Å². The van der Waals surface area contributed by atoms with Crippen LogP contribution in [0.1, 0.15) is 23.3 Å². The molecule has 0 spiro atoms. The summed E-state index contributed by atoms with van der Waals surface area (Å²) >= 11 is 0. The van der Waals surface area contributed by atoms with Crippen molar-refractivity contribution in [2.75, 3.05) is 13.1 Å². The number of nitriles is 1. The van der Waals surface area contributed by atoms with Gasteiger partial charge in [-0.1, -0.05) is 36.4 Å². The molecular weight excluding hydrogens is 274 g/mol. The number of carbonyl (C=O) groups excluding carboxylic acids is 1. The Bertz CT molecular complexity index is 689. The first-order chi connectivity index (χ1) is 10.8. The summed E-state index contributed by atoms with van der Waals surface area (Å²) in [5.74, 6) is 0.326. The molecule has 1 fully saturated rings. The fraction of sp³-hybridized carbons (Fsp3) is 0.278. The predicted molar refractivity (Wildman–Crippen MR) is 83.9 cm³/mol. The molecular formula is C18H17N3O. The van der Waals surface area contributed by atoms with Crippen molar-refractivity contribution in [3.63, 3.8) is 0 Å². The highest BCUT2D eigenvalue weighted by Gasteiger charge is 2.24. The van der Waals surface area contributed by atoms with Crippen molar-refractivity contribution in [3.05, 3.63) is 54.4 Å². The third kappa shape index (κ3) is 3.15. The number of benzene rings is 1. The van der Waals surface area contributed by atoms with E-state index in [9.17, 15) is 4.79 Å². The number of carbonyl (C=O) groups is 1. The van der Waals surface area contributed by atoms with E-state index in [1.807, 2.05) is 36.4 Å². The molecule has 1 aliphatic rings. The Morgan fingerprint density at radius 2 is 2.05 bits per heavy atom. The Labute approximate surface area is 130 Å². The monoisotopic (exact) mass is 291 g/mol. The van der Waals surface area contributed by atoms with Crippen molar-refractivity contribution in [1.82, 2.24) is 9.88 Å². The highest BCUT2D eigenvalue weighted by Crippen LogP contribution is 2.22. The van der Waals surface area contributed by atoms with Crippen molar-refractivity contribution < 1.29 is 4.79 Å². The van der Waals surface area contributed by atoms with Crippen LogP contribution in [0.3, 0.4) is 0 Å². The van der Waals surface area contributed by atoms with Crippen molar-refractivity contribution in [1.29, 1.82) is 5.26 Å². The fourth-order valence-corrected chi connectivity index (χ4v) is 2.82. The molecule has 1 saturated heterocycles. The van der Waals surface area contributed by atoms with Crippen molar-refractivity contribution in [2.24, 2.45) is 5.92 Å². The largest absolute Gasteiger partial charge is 0.310 e. The summed E-state index contributed by atoms with van der Waals surface area (Å²) in [7, 11) is 0. The molecule has 3 rings (SSSR count). The van der Waals surface area contributed by atoms with Gasteiger partial charge in [0.05, 0.1) is 0 Å². The maximum absolute atomic E-state index is 12.3. The van der Waals surface area contributed by atoms with E-state index >= 15 is 0 Å². The minimum Gasteiger partial charge on any atom is -0.310 e. The molecule has 4 nitrogen and oxygen atoms in total. The minimum absolute atomic E-state index is 0.0596. The average molecular weight is 291 g/mol. The summed E-state index contributed by atoms with van der Waals surface area (Å²) in [4.78, 5) is 18.3. The Balaban J connectivity index is 1.66. The number of hydrogen-bond acceptors (Lipinski definition) is 4. The molecule has 0 radical (unpaired) electrons. The lowest BCUT2D eigenvalue weighted by Gasteiger charge is -2.08. The molecule has 110 valence electrons. The first-order valence-corrected chi connectivity index (χ1v) is 7.45. The van der Waals surface area contributed by atoms with Crippen LogP contribution >= 0.6 is 0 Å². The van der Waals surface area contributed by atoms with Crippen LogP contribution in [0.2, 0.25) is 0 Å². The number of nitrogens with zero attached hydrogens (tertiary/aromatic N) is 3. The first kappa shape index (κ1) is 14.3. The SMILES string of the molecule is N#CN1CC[C@@H](CC(=O)c2ccc(-c3ccccc3)cn2)C1. The number of aromatic nitrogens is 1. The zero-order chi connectivity index (χ0) is 15.4. The second-order valence-electron chi connectivity index (χ2n) is 5.63. The number of likely N-dealkylation sites (tertiary alicyclic amines) is 1. The van der Waals surface area contributed by atoms with Gasteiger partial charge in [-0.25, -0.2) is 0 Å². The molecule has 0 amide bonds. The Morgan fingerprint density at radius 1 is 1.23 bits per heavy atom. The summed E-state index contributed by atoms with van der Waals surface area (Å²) < 4.78 is 0. The smallest absolute Gasteiger partial charge is 0.181 e. The standard InChI is InChI=1S/C18H17N3O/c19-13-21-9-8-14(12-21)10-18(22)17-7-6-16(11-20-17)15-4-2-1-3-5-15/h1-7,11,14H,8-10,12H2/t14-/m0/s1. The Hall–Kier alpha value is -2.67. The van der Waals surface area contributed by atoms with E-state index in [2.05, 4.69) is 11.2 Å². The molecule has 0 aliphatic carbocycles. The van der Waals surface area contributed by atoms with Gasteiger partial charge < -0.3 is 4.90 Å². The van der Waals surface area contributed by atoms with Gasteiger partial charge in [0.1, 0.15) is 5.69 Å². The van der Waals surface area contributed by atoms with Crippen LogP contribution in [-0.2, 0) is 0 Å². The second-order valence-corrected chi connectivity index (χ2v) is 5.63. The van der Waals surface area contributed by atoms with Crippen LogP contribution in [0, 0.1) is 17.4 Å². The van der Waals surface area contributed by atoms with Gasteiger partial charge in [0.2, 0.25) is 0 Å². The lowest BCUT2D eigenvalue weighted by molar-refractivity contribution is 0.0958. The lowest BCUT2D eigenvalue weighted by Crippen LogP contribution is -2.16. The summed E-state index contributed by atoms with van der Waals surface area (Å²) in [6, 6.07) is 13.7. The number of ketones is 1. The maximum atomic E-state index is 12.3. The average Bonchev–Trinajstić information content (AvgIpc) is 3.03. The number of hydrogen-bond donors (Lipinski definition) is 0. The molecule has 0 bridgehead atoms. The molecule has 0 saturated carbocycles. The normalized spacial score (nSPS) is 17.2. The summed E-state index contributed by atoms with van der Waals surface area (Å²) in [6.45, 7) is 1.44. The topological polar surface area (TPSA) is 57.0 Å². The van der Waals surface area contributed by atoms with E-state index < -0.39 is 0 Å². The number of pyridine rings is 1. The van der Waals surface area contributed by atoms with Crippen molar-refractivity contribution in [2.45, 2.75) is 12.8 Å². The van der Waals surface area contributed by atoms with Crippen LogP contribution in [-0.4, -0.2) is 28.8 Å². The zero-order valence-corrected chi connectivity index (χ0v) is 12.3. The first-order valence-electron chi connectivity index (χ1n) is 7.45. The highest BCUT2D eigenvalue weighted by atomic mass is 16.1. The van der Waals surface area contributed by atoms with Gasteiger partial charge in [-0.3, -0.25) is 9.78 Å². The molecule has 2 heterocycles. The molecule has 1 aromatic heterocycles. The molecule has 1 aromatic carbocycles. The summed E-state index contributed by atoms with van der Waals surface area (Å²) in [5, 5.41) is 8.85. The molecule has 0 N–H and O–H groups in total. The number of rotatable bonds is 4. The van der Waals surface area contributed by atoms with Crippen LogP contribution < -0.4 is 0 Å². The lowest BCUT2D eigenvalue weighted by atomic mass is 9.99. The van der Waals surface area contributed by atoms with Gasteiger partial charge in [0.25, 0.3) is 0 Å². The van der Waals surface area contributed by atoms with Gasteiger partial charge in [-0.15, -0.1) is 0 Å². The highest BCUT2D eigenvalue weighted by molar-refractivity contribution is 5.94. The number of Topliss-reactive ketones (excluding diaryl/α,β-unsaturated/α-hetero) is 1. The predicted octanol–water partition coefficient (Wildman–Crippen LogP) is 3.12. The fourth-order valence-electron chi connectivity index (χ4n) is 2.82. The summed E-state index contributed by atoms with van der Waals surface area (Å²) in [5.41, 5.74) is 2.61. The van der Waals surface area contributed by atoms with Crippen LogP contribution in [0.25, 0.3) is 11.1 Å². The third-order valence-electron chi connectivity index (χ3n) is 4.06. The molecule has 2 aromatic rings. The van der Waals surface area contributed by atoms with Crippen molar-refractivity contribution in [3.8, 4) is 17.3 Å². The molecule has 4 heteroatoms. The van der Waals surface area contributed by atoms with Crippen molar-refractivity contribution >= 4 is 5.78 Å². The third-order valence-corrected chi connectivity index (χ3v) is 4.06. The molecule has 0 unspecified atom stereocenters. The van der Waals surface area contributed by atoms with E-state index in [0.717, 1.165) is 24.1 Å². The van der Waals surface area contributed by atoms with E-state index in [4.69, 9.17) is 5.26 Å². The van der Waals surface area contributed by atoms with Gasteiger partial charge in [0, 0.05) is 31.3 Å². The summed E-state index contributed by atoms with van der Waals surface area (Å²) in [6.07, 6.45) is 5.26. The second kappa shape index (κ2) is 6.40. The van der Waals surface area contributed by atoms with Gasteiger partial charge in [0.15, 0.2) is 12.0 Å². The minimum atomic E-state index is 0.0596. The van der Waals surface area contributed by atoms with Gasteiger partial charge in [-0.2, -0.15) is 5.26 Å². The van der Waals surface area contributed by atoms with Crippen LogP contribution in [0.4, 0.5) is 0 Å². The maximum Gasteiger partial charge on any atom is 0.181 e. The van der Waals surface area contributed by atoms with Gasteiger partial charge >= 0.3 is 0 Å². The zero-order valence-electron chi connectivity index (χ0n) is 12.3. The molecule has 1 atom stereocenters. The quantitative estimate of drug-likeness (QED) is 0.641. The van der Waals surface area contributed by atoms with E-state index in [1.54, 1.807) is 17.2 Å². The van der Waals surface area contributed by atoms with E-state index in [1.165, 1.54) is 0 Å². The Morgan fingerprint density at radius 3 is 2.68 bits per heavy atom. The van der Waals surface area contributed by atoms with E-state index in [-0.39, 0.29) is 11.7 Å². The van der Waals surface area contributed by atoms with Crippen LogP contribution in [0.15, 0.2) is 48.7 Å². The van der Waals surface area contributed by atoms with E-state index in [0.29, 0.717) is 18.7 Å².